The maximum atomic E-state index is 8.72. The Bertz CT molecular complexity index is 414. The van der Waals surface area contributed by atoms with Gasteiger partial charge >= 0.3 is 0 Å². The number of alkyl halides is 3. The summed E-state index contributed by atoms with van der Waals surface area (Å²) >= 11 is 23.3. The number of nitrogens with zero attached hydrogens (tertiary/aromatic N) is 1. The molecule has 0 aliphatic heterocycles. The van der Waals surface area contributed by atoms with Gasteiger partial charge in [0.05, 0.1) is 12.5 Å². The lowest BCUT2D eigenvalue weighted by Gasteiger charge is -2.22. The molecule has 1 rings (SSSR count). The maximum Gasteiger partial charge on any atom is 0.203 e. The van der Waals surface area contributed by atoms with E-state index in [1.807, 2.05) is 6.92 Å². The molecule has 0 heterocycles. The van der Waals surface area contributed by atoms with Crippen LogP contribution in [0, 0.1) is 0 Å². The lowest BCUT2D eigenvalue weighted by molar-refractivity contribution is 0.318. The van der Waals surface area contributed by atoms with E-state index in [1.54, 1.807) is 24.3 Å². The summed E-state index contributed by atoms with van der Waals surface area (Å²) in [6.45, 7) is 2.44. The van der Waals surface area contributed by atoms with E-state index in [0.717, 1.165) is 0 Å². The van der Waals surface area contributed by atoms with Crippen molar-refractivity contribution in [2.75, 3.05) is 6.61 Å². The largest absolute Gasteiger partial charge is 0.494 e. The zero-order chi connectivity index (χ0) is 13.8. The fourth-order valence-electron chi connectivity index (χ4n) is 1.44. The standard InChI is InChI=1S/C11H11Cl4NO2/c1-2-18-8-5-3-7(4-6-8)9(10(12)16-17)11(13,14)15/h3-6,9,17H,2H2,1H3. The molecule has 1 aromatic rings. The Hall–Kier alpha value is -0.350. The van der Waals surface area contributed by atoms with Gasteiger partial charge in [-0.1, -0.05) is 63.7 Å². The summed E-state index contributed by atoms with van der Waals surface area (Å²) in [5, 5.41) is 11.4. The molecule has 1 N–H and O–H groups in total. The second-order valence-corrected chi connectivity index (χ2v) is 6.16. The fraction of sp³-hybridized carbons (Fsp3) is 0.364. The van der Waals surface area contributed by atoms with E-state index in [9.17, 15) is 0 Å². The number of hydrogen-bond acceptors (Lipinski definition) is 3. The summed E-state index contributed by atoms with van der Waals surface area (Å²) in [5.41, 5.74) is 0.612. The van der Waals surface area contributed by atoms with Crippen LogP contribution in [0.5, 0.6) is 5.75 Å². The van der Waals surface area contributed by atoms with Crippen LogP contribution in [0.25, 0.3) is 0 Å². The van der Waals surface area contributed by atoms with Gasteiger partial charge in [-0.2, -0.15) is 0 Å². The second kappa shape index (κ2) is 6.71. The van der Waals surface area contributed by atoms with Gasteiger partial charge in [0.25, 0.3) is 0 Å². The van der Waals surface area contributed by atoms with Crippen LogP contribution in [0.1, 0.15) is 18.4 Å². The third kappa shape index (κ3) is 4.09. The van der Waals surface area contributed by atoms with Crippen LogP contribution >= 0.6 is 46.4 Å². The van der Waals surface area contributed by atoms with Crippen molar-refractivity contribution in [3.05, 3.63) is 29.8 Å². The lowest BCUT2D eigenvalue weighted by atomic mass is 10.0. The van der Waals surface area contributed by atoms with Crippen LogP contribution in [0.2, 0.25) is 0 Å². The topological polar surface area (TPSA) is 41.8 Å². The molecule has 0 saturated heterocycles. The van der Waals surface area contributed by atoms with Gasteiger partial charge in [0.2, 0.25) is 3.79 Å². The highest BCUT2D eigenvalue weighted by molar-refractivity contribution is 6.74. The first kappa shape index (κ1) is 15.7. The molecule has 0 aliphatic carbocycles. The van der Waals surface area contributed by atoms with Crippen molar-refractivity contribution in [1.82, 2.24) is 0 Å². The van der Waals surface area contributed by atoms with Crippen molar-refractivity contribution < 1.29 is 9.94 Å². The minimum Gasteiger partial charge on any atom is -0.494 e. The molecule has 1 atom stereocenters. The summed E-state index contributed by atoms with van der Waals surface area (Å²) < 4.78 is 3.59. The van der Waals surface area contributed by atoms with Gasteiger partial charge < -0.3 is 9.94 Å². The van der Waals surface area contributed by atoms with Crippen molar-refractivity contribution in [3.63, 3.8) is 0 Å². The molecule has 0 spiro atoms. The van der Waals surface area contributed by atoms with Gasteiger partial charge in [-0.3, -0.25) is 0 Å². The van der Waals surface area contributed by atoms with Crippen molar-refractivity contribution in [2.24, 2.45) is 5.16 Å². The molecule has 0 saturated carbocycles. The molecule has 3 nitrogen and oxygen atoms in total. The number of rotatable bonds is 4. The lowest BCUT2D eigenvalue weighted by Crippen LogP contribution is -2.22. The smallest absolute Gasteiger partial charge is 0.203 e. The third-order valence-corrected chi connectivity index (χ3v) is 3.13. The predicted octanol–water partition coefficient (Wildman–Crippen LogP) is 4.57. The molecule has 0 aliphatic rings. The van der Waals surface area contributed by atoms with Crippen molar-refractivity contribution in [2.45, 2.75) is 16.6 Å². The van der Waals surface area contributed by atoms with E-state index < -0.39 is 9.71 Å². The van der Waals surface area contributed by atoms with Crippen LogP contribution in [0.4, 0.5) is 0 Å². The minimum atomic E-state index is -1.71. The normalized spacial score (nSPS) is 14.4. The number of hydrogen-bond donors (Lipinski definition) is 1. The molecule has 1 aromatic carbocycles. The Kier molecular flexibility index (Phi) is 5.86. The highest BCUT2D eigenvalue weighted by atomic mass is 35.6. The van der Waals surface area contributed by atoms with E-state index in [2.05, 4.69) is 5.16 Å². The monoisotopic (exact) mass is 329 g/mol. The zero-order valence-electron chi connectivity index (χ0n) is 9.41. The Balaban J connectivity index is 3.07. The van der Waals surface area contributed by atoms with Gasteiger partial charge in [-0.15, -0.1) is 0 Å². The summed E-state index contributed by atoms with van der Waals surface area (Å²) in [4.78, 5) is 0. The van der Waals surface area contributed by atoms with E-state index in [0.29, 0.717) is 17.9 Å². The first-order valence-corrected chi connectivity index (χ1v) is 6.58. The van der Waals surface area contributed by atoms with E-state index in [-0.39, 0.29) is 5.17 Å². The van der Waals surface area contributed by atoms with E-state index in [1.165, 1.54) is 0 Å². The molecular formula is C11H11Cl4NO2. The fourth-order valence-corrected chi connectivity index (χ4v) is 2.59. The van der Waals surface area contributed by atoms with E-state index in [4.69, 9.17) is 56.3 Å². The Morgan fingerprint density at radius 3 is 2.28 bits per heavy atom. The van der Waals surface area contributed by atoms with Crippen molar-refractivity contribution in [1.29, 1.82) is 0 Å². The van der Waals surface area contributed by atoms with Gasteiger partial charge in [0, 0.05) is 0 Å². The first-order valence-electron chi connectivity index (χ1n) is 5.07. The highest BCUT2D eigenvalue weighted by Gasteiger charge is 2.37. The van der Waals surface area contributed by atoms with Crippen LogP contribution < -0.4 is 4.74 Å². The summed E-state index contributed by atoms with van der Waals surface area (Å²) in [6, 6.07) is 6.85. The number of benzene rings is 1. The maximum absolute atomic E-state index is 8.72. The second-order valence-electron chi connectivity index (χ2n) is 3.40. The molecule has 0 radical (unpaired) electrons. The van der Waals surface area contributed by atoms with Gasteiger partial charge in [0.15, 0.2) is 5.17 Å². The molecule has 0 aromatic heterocycles. The van der Waals surface area contributed by atoms with Crippen molar-refractivity contribution in [3.8, 4) is 5.75 Å². The molecular weight excluding hydrogens is 320 g/mol. The molecule has 0 fully saturated rings. The SMILES string of the molecule is CCOc1ccc(C(C(Cl)=NO)C(Cl)(Cl)Cl)cc1. The Morgan fingerprint density at radius 1 is 1.33 bits per heavy atom. The van der Waals surface area contributed by atoms with Crippen LogP contribution in [-0.4, -0.2) is 20.8 Å². The number of halogens is 4. The van der Waals surface area contributed by atoms with Gasteiger partial charge in [-0.05, 0) is 24.6 Å². The summed E-state index contributed by atoms with van der Waals surface area (Å²) in [6.07, 6.45) is 0. The highest BCUT2D eigenvalue weighted by Crippen LogP contribution is 2.43. The Morgan fingerprint density at radius 2 is 1.89 bits per heavy atom. The molecule has 18 heavy (non-hydrogen) atoms. The minimum absolute atomic E-state index is 0.195. The van der Waals surface area contributed by atoms with Crippen LogP contribution in [0.15, 0.2) is 29.4 Å². The molecule has 0 bridgehead atoms. The van der Waals surface area contributed by atoms with Gasteiger partial charge in [-0.25, -0.2) is 0 Å². The average Bonchev–Trinajstić information content (AvgIpc) is 2.30. The quantitative estimate of drug-likeness (QED) is 0.380. The molecule has 7 heteroatoms. The summed E-state index contributed by atoms with van der Waals surface area (Å²) in [7, 11) is 0. The van der Waals surface area contributed by atoms with Crippen LogP contribution in [0.3, 0.4) is 0 Å². The van der Waals surface area contributed by atoms with E-state index >= 15 is 0 Å². The summed E-state index contributed by atoms with van der Waals surface area (Å²) in [5.74, 6) is -0.147. The predicted molar refractivity (Wildman–Crippen MR) is 75.7 cm³/mol. The molecule has 100 valence electrons. The molecule has 1 unspecified atom stereocenters. The first-order chi connectivity index (χ1) is 8.40. The average molecular weight is 331 g/mol. The molecule has 0 amide bonds. The van der Waals surface area contributed by atoms with Gasteiger partial charge in [0.1, 0.15) is 5.75 Å². The third-order valence-electron chi connectivity index (χ3n) is 2.19. The van der Waals surface area contributed by atoms with Crippen molar-refractivity contribution >= 4 is 51.6 Å². The zero-order valence-corrected chi connectivity index (χ0v) is 12.4. The Labute approximate surface area is 125 Å². The number of ether oxygens (including phenoxy) is 1. The number of oxime groups is 1. The van der Waals surface area contributed by atoms with Crippen LogP contribution in [-0.2, 0) is 0 Å².